The smallest absolute Gasteiger partial charge is 0.254 e. The van der Waals surface area contributed by atoms with E-state index in [1.165, 1.54) is 16.2 Å². The monoisotopic (exact) mass is 506 g/mol. The predicted molar refractivity (Wildman–Crippen MR) is 139 cm³/mol. The number of hydrogen-bond acceptors (Lipinski definition) is 6. The van der Waals surface area contributed by atoms with E-state index in [1.54, 1.807) is 13.3 Å². The van der Waals surface area contributed by atoms with Gasteiger partial charge < -0.3 is 25.0 Å². The zero-order chi connectivity index (χ0) is 25.7. The van der Waals surface area contributed by atoms with Crippen LogP contribution in [-0.4, -0.2) is 55.2 Å². The first kappa shape index (κ1) is 25.6. The Balaban J connectivity index is 1.31. The van der Waals surface area contributed by atoms with Gasteiger partial charge in [0, 0.05) is 22.8 Å². The van der Waals surface area contributed by atoms with Crippen molar-refractivity contribution in [3.8, 4) is 0 Å². The highest BCUT2D eigenvalue weighted by atomic mass is 32.1. The molecule has 0 spiro atoms. The highest BCUT2D eigenvalue weighted by Crippen LogP contribution is 2.20. The van der Waals surface area contributed by atoms with Crippen molar-refractivity contribution in [2.75, 3.05) is 6.54 Å². The number of imidazole rings is 1. The molecule has 36 heavy (non-hydrogen) atoms. The largest absolute Gasteiger partial charge is 0.380 e. The lowest BCUT2D eigenvalue weighted by atomic mass is 10.1. The number of rotatable bonds is 10. The summed E-state index contributed by atoms with van der Waals surface area (Å²) in [5.74, 6) is -1.48. The summed E-state index contributed by atoms with van der Waals surface area (Å²) in [7, 11) is 0. The van der Waals surface area contributed by atoms with E-state index in [-0.39, 0.29) is 13.1 Å². The predicted octanol–water partition coefficient (Wildman–Crippen LogP) is 2.84. The first-order valence-electron chi connectivity index (χ1n) is 11.8. The first-order chi connectivity index (χ1) is 17.4. The minimum Gasteiger partial charge on any atom is -0.380 e. The first-order valence-corrected chi connectivity index (χ1v) is 12.6. The van der Waals surface area contributed by atoms with E-state index < -0.39 is 24.0 Å². The number of benzene rings is 2. The Morgan fingerprint density at radius 2 is 1.75 bits per heavy atom. The normalized spacial score (nSPS) is 12.9. The van der Waals surface area contributed by atoms with Crippen molar-refractivity contribution < 1.29 is 19.8 Å². The van der Waals surface area contributed by atoms with Gasteiger partial charge in [-0.15, -0.1) is 11.3 Å². The van der Waals surface area contributed by atoms with Crippen LogP contribution in [-0.2, 0) is 29.2 Å². The van der Waals surface area contributed by atoms with E-state index in [9.17, 15) is 19.8 Å². The van der Waals surface area contributed by atoms with Crippen LogP contribution in [0.15, 0.2) is 67.0 Å². The van der Waals surface area contributed by atoms with Gasteiger partial charge in [-0.2, -0.15) is 0 Å². The molecular formula is C27H30N4O4S. The van der Waals surface area contributed by atoms with Crippen LogP contribution in [0.25, 0.3) is 11.0 Å². The molecule has 3 N–H and O–H groups in total. The second kappa shape index (κ2) is 11.5. The molecule has 2 heterocycles. The summed E-state index contributed by atoms with van der Waals surface area (Å²) < 4.78 is 2.06. The summed E-state index contributed by atoms with van der Waals surface area (Å²) in [6.45, 7) is 5.20. The summed E-state index contributed by atoms with van der Waals surface area (Å²) >= 11 is 1.54. The van der Waals surface area contributed by atoms with Crippen LogP contribution in [0.1, 0.15) is 27.8 Å². The Morgan fingerprint density at radius 1 is 1.03 bits per heavy atom. The highest BCUT2D eigenvalue weighted by Gasteiger charge is 2.33. The molecule has 0 saturated heterocycles. The zero-order valence-electron chi connectivity index (χ0n) is 20.3. The van der Waals surface area contributed by atoms with Crippen molar-refractivity contribution in [2.24, 2.45) is 0 Å². The molecule has 0 aliphatic heterocycles. The van der Waals surface area contributed by atoms with Gasteiger partial charge in [0.05, 0.1) is 30.5 Å². The molecule has 0 aliphatic rings. The van der Waals surface area contributed by atoms with Crippen LogP contribution in [0.4, 0.5) is 0 Å². The number of thiophene rings is 1. The number of likely N-dealkylation sites (N-methyl/N-ethyl adjacent to an activating group) is 1. The van der Waals surface area contributed by atoms with E-state index >= 15 is 0 Å². The molecule has 0 bridgehead atoms. The number of para-hydroxylation sites is 2. The number of carbonyl (C=O) groups is 2. The number of aliphatic hydroxyl groups is 2. The number of nitrogens with zero attached hydrogens (tertiary/aromatic N) is 3. The van der Waals surface area contributed by atoms with Crippen molar-refractivity contribution >= 4 is 34.2 Å². The number of aryl methyl sites for hydroxylation is 1. The van der Waals surface area contributed by atoms with Gasteiger partial charge in [0.1, 0.15) is 0 Å². The van der Waals surface area contributed by atoms with Gasteiger partial charge in [-0.05, 0) is 49.2 Å². The van der Waals surface area contributed by atoms with E-state index in [4.69, 9.17) is 0 Å². The van der Waals surface area contributed by atoms with Crippen LogP contribution in [0.5, 0.6) is 0 Å². The van der Waals surface area contributed by atoms with Gasteiger partial charge in [-0.25, -0.2) is 4.98 Å². The third kappa shape index (κ3) is 5.81. The lowest BCUT2D eigenvalue weighted by Gasteiger charge is -2.26. The number of nitrogens with one attached hydrogen (secondary N) is 1. The maximum absolute atomic E-state index is 12.8. The fraction of sp³-hybridized carbons (Fsp3) is 0.296. The van der Waals surface area contributed by atoms with Gasteiger partial charge in [-0.3, -0.25) is 9.59 Å². The Kier molecular flexibility index (Phi) is 8.14. The van der Waals surface area contributed by atoms with Crippen LogP contribution < -0.4 is 5.32 Å². The quantitative estimate of drug-likeness (QED) is 0.307. The lowest BCUT2D eigenvalue weighted by Crippen LogP contribution is -2.50. The average Bonchev–Trinajstić information content (AvgIpc) is 3.52. The van der Waals surface area contributed by atoms with Gasteiger partial charge in [0.2, 0.25) is 0 Å². The molecule has 2 aromatic carbocycles. The third-order valence-electron chi connectivity index (χ3n) is 6.14. The van der Waals surface area contributed by atoms with Crippen molar-refractivity contribution in [1.29, 1.82) is 0 Å². The lowest BCUT2D eigenvalue weighted by molar-refractivity contribution is -0.153. The number of fused-ring (bicyclic) bond motifs is 1. The molecule has 2 aromatic heterocycles. The average molecular weight is 507 g/mol. The maximum Gasteiger partial charge on any atom is 0.254 e. The second-order valence-corrected chi connectivity index (χ2v) is 9.87. The van der Waals surface area contributed by atoms with Crippen LogP contribution >= 0.6 is 11.3 Å². The van der Waals surface area contributed by atoms with E-state index in [0.717, 1.165) is 31.9 Å². The molecule has 188 valence electrons. The van der Waals surface area contributed by atoms with Crippen LogP contribution in [0.3, 0.4) is 0 Å². The SMILES string of the molecule is CCN(Cc1ccccc1C)C(=O)[C@H](O)[C@@H](O)C(=O)NCc1ccc(Cn2cnc3ccccc32)s1. The zero-order valence-corrected chi connectivity index (χ0v) is 21.1. The molecule has 0 saturated carbocycles. The van der Waals surface area contributed by atoms with Crippen LogP contribution in [0.2, 0.25) is 0 Å². The molecule has 4 aromatic rings. The molecule has 2 atom stereocenters. The van der Waals surface area contributed by atoms with Crippen molar-refractivity contribution in [1.82, 2.24) is 19.8 Å². The molecule has 2 amide bonds. The number of amides is 2. The van der Waals surface area contributed by atoms with E-state index in [1.807, 2.05) is 67.6 Å². The molecule has 0 unspecified atom stereocenters. The molecule has 9 heteroatoms. The summed E-state index contributed by atoms with van der Waals surface area (Å²) in [6.07, 6.45) is -1.90. The summed E-state index contributed by atoms with van der Waals surface area (Å²) in [6, 6.07) is 19.5. The highest BCUT2D eigenvalue weighted by molar-refractivity contribution is 7.11. The van der Waals surface area contributed by atoms with Crippen molar-refractivity contribution in [3.05, 3.63) is 87.9 Å². The van der Waals surface area contributed by atoms with E-state index in [0.29, 0.717) is 13.1 Å². The van der Waals surface area contributed by atoms with Crippen molar-refractivity contribution in [2.45, 2.75) is 45.7 Å². The number of aliphatic hydroxyl groups excluding tert-OH is 2. The summed E-state index contributed by atoms with van der Waals surface area (Å²) in [4.78, 5) is 33.1. The van der Waals surface area contributed by atoms with Gasteiger partial charge in [0.15, 0.2) is 12.2 Å². The number of carbonyl (C=O) groups excluding carboxylic acids is 2. The maximum atomic E-state index is 12.8. The summed E-state index contributed by atoms with van der Waals surface area (Å²) in [5.41, 5.74) is 3.94. The standard InChI is InChI=1S/C27H30N4O4S/c1-3-30(15-19-9-5-4-8-18(19)2)27(35)25(33)24(32)26(34)28-14-20-12-13-21(36-20)16-31-17-29-22-10-6-7-11-23(22)31/h4-13,17,24-25,32-33H,3,14-16H2,1-2H3,(H,28,34)/t24-,25-/m1/s1. The van der Waals surface area contributed by atoms with Crippen LogP contribution in [0, 0.1) is 6.92 Å². The third-order valence-corrected chi connectivity index (χ3v) is 7.21. The molecule has 4 rings (SSSR count). The Labute approximate surface area is 213 Å². The van der Waals surface area contributed by atoms with Gasteiger partial charge in [0.25, 0.3) is 11.8 Å². The van der Waals surface area contributed by atoms with Crippen molar-refractivity contribution in [3.63, 3.8) is 0 Å². The fourth-order valence-electron chi connectivity index (χ4n) is 3.99. The number of hydrogen-bond donors (Lipinski definition) is 3. The summed E-state index contributed by atoms with van der Waals surface area (Å²) in [5, 5.41) is 23.4. The minimum absolute atomic E-state index is 0.187. The molecular weight excluding hydrogens is 476 g/mol. The topological polar surface area (TPSA) is 108 Å². The molecule has 0 fully saturated rings. The molecule has 0 radical (unpaired) electrons. The van der Waals surface area contributed by atoms with E-state index in [2.05, 4.69) is 14.9 Å². The molecule has 8 nitrogen and oxygen atoms in total. The van der Waals surface area contributed by atoms with Gasteiger partial charge >= 0.3 is 0 Å². The molecule has 0 aliphatic carbocycles. The Morgan fingerprint density at radius 3 is 2.53 bits per heavy atom. The minimum atomic E-state index is -1.86. The Bertz CT molecular complexity index is 1350. The fourth-order valence-corrected chi connectivity index (χ4v) is 4.95. The second-order valence-electron chi connectivity index (χ2n) is 8.62. The number of aromatic nitrogens is 2. The Hall–Kier alpha value is -3.53. The van der Waals surface area contributed by atoms with Gasteiger partial charge in [-0.1, -0.05) is 36.4 Å².